The number of pyridine rings is 1. The van der Waals surface area contributed by atoms with Crippen molar-refractivity contribution in [1.29, 1.82) is 0 Å². The minimum Gasteiger partial charge on any atom is -0.477 e. The fourth-order valence-corrected chi connectivity index (χ4v) is 1.29. The quantitative estimate of drug-likeness (QED) is 0.735. The molecule has 2 aromatic heterocycles. The molecule has 0 aromatic carbocycles. The highest BCUT2D eigenvalue weighted by molar-refractivity contribution is 5.86. The average Bonchev–Trinajstić information content (AvgIpc) is 2.29. The molecule has 0 aliphatic carbocycles. The van der Waals surface area contributed by atoms with Gasteiger partial charge in [0, 0.05) is 12.4 Å². The van der Waals surface area contributed by atoms with Crippen molar-refractivity contribution in [3.05, 3.63) is 57.0 Å². The summed E-state index contributed by atoms with van der Waals surface area (Å²) in [5.74, 6) is -1.17. The molecule has 0 radical (unpaired) electrons. The Kier molecular flexibility index (Phi) is 2.57. The monoisotopic (exact) mass is 233 g/mol. The van der Waals surface area contributed by atoms with E-state index >= 15 is 0 Å². The van der Waals surface area contributed by atoms with E-state index in [1.54, 1.807) is 12.1 Å². The van der Waals surface area contributed by atoms with Gasteiger partial charge in [-0.25, -0.2) is 14.6 Å². The molecule has 0 saturated carbocycles. The van der Waals surface area contributed by atoms with E-state index in [9.17, 15) is 14.4 Å². The first-order valence-corrected chi connectivity index (χ1v) is 4.60. The standard InChI is InChI=1S/C10H7N3O4/c14-8-6(9(15)16)5-13(10(17)12-8)7-3-1-2-4-11-7/h1-5H,(H,15,16)(H,12,14,17). The maximum atomic E-state index is 11.5. The summed E-state index contributed by atoms with van der Waals surface area (Å²) in [5.41, 5.74) is -2.19. The average molecular weight is 233 g/mol. The lowest BCUT2D eigenvalue weighted by Crippen LogP contribution is -2.32. The molecular weight excluding hydrogens is 226 g/mol. The number of aromatic nitrogens is 3. The Bertz CT molecular complexity index is 672. The second kappa shape index (κ2) is 4.05. The third-order valence-electron chi connectivity index (χ3n) is 2.07. The lowest BCUT2D eigenvalue weighted by atomic mass is 10.3. The van der Waals surface area contributed by atoms with Crippen LogP contribution in [0.5, 0.6) is 0 Å². The van der Waals surface area contributed by atoms with Crippen LogP contribution >= 0.6 is 0 Å². The van der Waals surface area contributed by atoms with Crippen molar-refractivity contribution in [2.75, 3.05) is 0 Å². The van der Waals surface area contributed by atoms with Crippen LogP contribution in [0.4, 0.5) is 0 Å². The third kappa shape index (κ3) is 1.98. The zero-order valence-corrected chi connectivity index (χ0v) is 8.45. The fourth-order valence-electron chi connectivity index (χ4n) is 1.29. The van der Waals surface area contributed by atoms with Crippen molar-refractivity contribution in [1.82, 2.24) is 14.5 Å². The van der Waals surface area contributed by atoms with Gasteiger partial charge in [0.25, 0.3) is 5.56 Å². The molecule has 2 heterocycles. The van der Waals surface area contributed by atoms with E-state index in [0.29, 0.717) is 0 Å². The summed E-state index contributed by atoms with van der Waals surface area (Å²) >= 11 is 0. The van der Waals surface area contributed by atoms with Crippen molar-refractivity contribution >= 4 is 5.97 Å². The van der Waals surface area contributed by atoms with Crippen LogP contribution in [0.3, 0.4) is 0 Å². The van der Waals surface area contributed by atoms with E-state index < -0.39 is 22.8 Å². The van der Waals surface area contributed by atoms with Crippen LogP contribution in [0.1, 0.15) is 10.4 Å². The van der Waals surface area contributed by atoms with Crippen LogP contribution in [-0.4, -0.2) is 25.6 Å². The lowest BCUT2D eigenvalue weighted by Gasteiger charge is -2.03. The van der Waals surface area contributed by atoms with Crippen molar-refractivity contribution in [2.45, 2.75) is 0 Å². The molecule has 17 heavy (non-hydrogen) atoms. The number of hydrogen-bond donors (Lipinski definition) is 2. The predicted octanol–water partition coefficient (Wildman–Crippen LogP) is -0.381. The third-order valence-corrected chi connectivity index (χ3v) is 2.07. The Morgan fingerprint density at radius 1 is 1.35 bits per heavy atom. The van der Waals surface area contributed by atoms with Crippen molar-refractivity contribution in [2.24, 2.45) is 0 Å². The first kappa shape index (κ1) is 10.8. The van der Waals surface area contributed by atoms with Crippen molar-refractivity contribution < 1.29 is 9.90 Å². The Morgan fingerprint density at radius 2 is 2.12 bits per heavy atom. The molecule has 0 bridgehead atoms. The van der Waals surface area contributed by atoms with Gasteiger partial charge in [-0.3, -0.25) is 14.3 Å². The Balaban J connectivity index is 2.72. The number of aromatic carboxylic acids is 1. The zero-order chi connectivity index (χ0) is 12.4. The van der Waals surface area contributed by atoms with E-state index in [0.717, 1.165) is 10.8 Å². The van der Waals surface area contributed by atoms with Gasteiger partial charge in [0.15, 0.2) is 0 Å². The molecule has 2 rings (SSSR count). The highest BCUT2D eigenvalue weighted by atomic mass is 16.4. The number of carboxylic acid groups (broad SMARTS) is 1. The van der Waals surface area contributed by atoms with E-state index in [1.807, 2.05) is 4.98 Å². The Morgan fingerprint density at radius 3 is 2.71 bits per heavy atom. The zero-order valence-electron chi connectivity index (χ0n) is 8.45. The van der Waals surface area contributed by atoms with Gasteiger partial charge in [-0.15, -0.1) is 0 Å². The molecular formula is C10H7N3O4. The van der Waals surface area contributed by atoms with Crippen LogP contribution in [-0.2, 0) is 0 Å². The SMILES string of the molecule is O=C(O)c1cn(-c2ccccn2)c(=O)[nH]c1=O. The number of nitrogens with zero attached hydrogens (tertiary/aromatic N) is 2. The summed E-state index contributed by atoms with van der Waals surface area (Å²) in [5, 5.41) is 8.77. The van der Waals surface area contributed by atoms with Gasteiger partial charge in [-0.05, 0) is 12.1 Å². The molecule has 0 unspecified atom stereocenters. The molecule has 86 valence electrons. The predicted molar refractivity (Wildman–Crippen MR) is 57.4 cm³/mol. The second-order valence-corrected chi connectivity index (χ2v) is 3.17. The maximum Gasteiger partial charge on any atom is 0.342 e. The lowest BCUT2D eigenvalue weighted by molar-refractivity contribution is 0.0694. The first-order chi connectivity index (χ1) is 8.09. The van der Waals surface area contributed by atoms with Gasteiger partial charge in [0.1, 0.15) is 11.4 Å². The summed E-state index contributed by atoms with van der Waals surface area (Å²) in [6.45, 7) is 0. The van der Waals surface area contributed by atoms with Crippen molar-refractivity contribution in [3.63, 3.8) is 0 Å². The minimum atomic E-state index is -1.41. The summed E-state index contributed by atoms with van der Waals surface area (Å²) in [6, 6.07) is 4.81. The highest BCUT2D eigenvalue weighted by Gasteiger charge is 2.12. The number of nitrogens with one attached hydrogen (secondary N) is 1. The summed E-state index contributed by atoms with van der Waals surface area (Å²) in [6.07, 6.45) is 2.40. The van der Waals surface area contributed by atoms with Gasteiger partial charge >= 0.3 is 11.7 Å². The fraction of sp³-hybridized carbons (Fsp3) is 0. The molecule has 0 saturated heterocycles. The topological polar surface area (TPSA) is 105 Å². The molecule has 7 nitrogen and oxygen atoms in total. The smallest absolute Gasteiger partial charge is 0.342 e. The number of rotatable bonds is 2. The molecule has 0 fully saturated rings. The van der Waals surface area contributed by atoms with Crippen LogP contribution in [0.25, 0.3) is 5.82 Å². The van der Waals surface area contributed by atoms with Gasteiger partial charge in [-0.2, -0.15) is 0 Å². The maximum absolute atomic E-state index is 11.5. The molecule has 0 atom stereocenters. The van der Waals surface area contributed by atoms with E-state index in [2.05, 4.69) is 4.98 Å². The highest BCUT2D eigenvalue weighted by Crippen LogP contribution is 1.99. The molecule has 2 N–H and O–H groups in total. The van der Waals surface area contributed by atoms with Gasteiger partial charge in [0.05, 0.1) is 0 Å². The van der Waals surface area contributed by atoms with Gasteiger partial charge < -0.3 is 5.11 Å². The number of carboxylic acids is 1. The van der Waals surface area contributed by atoms with Crippen LogP contribution in [0.2, 0.25) is 0 Å². The van der Waals surface area contributed by atoms with E-state index in [-0.39, 0.29) is 5.82 Å². The van der Waals surface area contributed by atoms with Crippen LogP contribution in [0.15, 0.2) is 40.2 Å². The number of H-pyrrole nitrogens is 1. The molecule has 0 aliphatic heterocycles. The Labute approximate surface area is 94.0 Å². The van der Waals surface area contributed by atoms with Gasteiger partial charge in [-0.1, -0.05) is 6.07 Å². The molecule has 0 aliphatic rings. The van der Waals surface area contributed by atoms with E-state index in [4.69, 9.17) is 5.11 Å². The number of hydrogen-bond acceptors (Lipinski definition) is 4. The molecule has 0 spiro atoms. The Hall–Kier alpha value is -2.70. The summed E-state index contributed by atoms with van der Waals surface area (Å²) in [7, 11) is 0. The second-order valence-electron chi connectivity index (χ2n) is 3.17. The summed E-state index contributed by atoms with van der Waals surface area (Å²) < 4.78 is 0.963. The molecule has 0 amide bonds. The number of carbonyl (C=O) groups is 1. The van der Waals surface area contributed by atoms with Gasteiger partial charge in [0.2, 0.25) is 0 Å². The minimum absolute atomic E-state index is 0.233. The molecule has 7 heteroatoms. The van der Waals surface area contributed by atoms with Crippen LogP contribution < -0.4 is 11.2 Å². The largest absolute Gasteiger partial charge is 0.477 e. The molecule has 2 aromatic rings. The summed E-state index contributed by atoms with van der Waals surface area (Å²) in [4.78, 5) is 39.3. The van der Waals surface area contributed by atoms with E-state index in [1.165, 1.54) is 12.3 Å². The number of aromatic amines is 1. The van der Waals surface area contributed by atoms with Crippen molar-refractivity contribution in [3.8, 4) is 5.82 Å². The first-order valence-electron chi connectivity index (χ1n) is 4.60. The normalized spacial score (nSPS) is 10.1. The van der Waals surface area contributed by atoms with Crippen LogP contribution in [0, 0.1) is 0 Å².